The summed E-state index contributed by atoms with van der Waals surface area (Å²) in [5.41, 5.74) is 9.84. The Labute approximate surface area is 67.9 Å². The molecular weight excluding hydrogens is 173 g/mol. The monoisotopic (exact) mass is 184 g/mol. The second-order valence-corrected chi connectivity index (χ2v) is 2.52. The van der Waals surface area contributed by atoms with Crippen molar-refractivity contribution in [3.8, 4) is 0 Å². The molecule has 0 fully saturated rings. The van der Waals surface area contributed by atoms with Crippen LogP contribution in [0, 0.1) is 0 Å². The molecule has 0 spiro atoms. The number of rotatable bonds is 4. The predicted molar refractivity (Wildman–Crippen MR) is 37.1 cm³/mol. The minimum absolute atomic E-state index is 0.0190. The summed E-state index contributed by atoms with van der Waals surface area (Å²) in [7, 11) is 0. The van der Waals surface area contributed by atoms with Crippen LogP contribution in [0.25, 0.3) is 0 Å². The van der Waals surface area contributed by atoms with Gasteiger partial charge in [-0.25, -0.2) is 0 Å². The van der Waals surface area contributed by atoms with Gasteiger partial charge in [0, 0.05) is 6.42 Å². The number of alkyl halides is 3. The van der Waals surface area contributed by atoms with Crippen molar-refractivity contribution in [2.45, 2.75) is 31.5 Å². The number of hydrogen-bond acceptors (Lipinski definition) is 2. The molecule has 3 nitrogen and oxygen atoms in total. The third-order valence-corrected chi connectivity index (χ3v) is 1.34. The minimum atomic E-state index is -4.18. The highest BCUT2D eigenvalue weighted by Crippen LogP contribution is 2.22. The smallest absolute Gasteiger partial charge is 0.368 e. The van der Waals surface area contributed by atoms with Gasteiger partial charge in [0.15, 0.2) is 0 Å². The Morgan fingerprint density at radius 2 is 1.92 bits per heavy atom. The lowest BCUT2D eigenvalue weighted by Gasteiger charge is -2.08. The molecule has 0 aromatic heterocycles. The Bertz CT molecular complexity index is 157. The van der Waals surface area contributed by atoms with E-state index in [1.54, 1.807) is 0 Å². The first-order valence-electron chi connectivity index (χ1n) is 3.44. The molecule has 4 N–H and O–H groups in total. The summed E-state index contributed by atoms with van der Waals surface area (Å²) >= 11 is 0. The van der Waals surface area contributed by atoms with Gasteiger partial charge in [0.05, 0.1) is 6.04 Å². The maximum atomic E-state index is 11.6. The van der Waals surface area contributed by atoms with E-state index in [2.05, 4.69) is 0 Å². The van der Waals surface area contributed by atoms with Crippen LogP contribution in [0.5, 0.6) is 0 Å². The van der Waals surface area contributed by atoms with Gasteiger partial charge in [-0.1, -0.05) is 0 Å². The van der Waals surface area contributed by atoms with Crippen LogP contribution < -0.4 is 11.5 Å². The van der Waals surface area contributed by atoms with E-state index in [0.29, 0.717) is 0 Å². The SMILES string of the molecule is NC(=O)C(N)CCCC(F)(F)F. The van der Waals surface area contributed by atoms with Crippen molar-refractivity contribution >= 4 is 5.91 Å². The number of carbonyl (C=O) groups excluding carboxylic acids is 1. The van der Waals surface area contributed by atoms with Crippen LogP contribution in [-0.2, 0) is 4.79 Å². The normalized spacial score (nSPS) is 14.3. The third-order valence-electron chi connectivity index (χ3n) is 1.34. The van der Waals surface area contributed by atoms with E-state index in [9.17, 15) is 18.0 Å². The zero-order valence-electron chi connectivity index (χ0n) is 6.40. The summed E-state index contributed by atoms with van der Waals surface area (Å²) in [6, 6.07) is -0.965. The van der Waals surface area contributed by atoms with Gasteiger partial charge in [0.2, 0.25) is 5.91 Å². The molecule has 0 aliphatic carbocycles. The van der Waals surface area contributed by atoms with Crippen LogP contribution in [0.3, 0.4) is 0 Å². The molecule has 6 heteroatoms. The minimum Gasteiger partial charge on any atom is -0.368 e. The molecule has 0 saturated carbocycles. The Morgan fingerprint density at radius 1 is 1.42 bits per heavy atom. The maximum absolute atomic E-state index is 11.6. The van der Waals surface area contributed by atoms with Gasteiger partial charge in [-0.3, -0.25) is 4.79 Å². The van der Waals surface area contributed by atoms with E-state index < -0.39 is 24.5 Å². The molecule has 12 heavy (non-hydrogen) atoms. The zero-order valence-corrected chi connectivity index (χ0v) is 6.40. The largest absolute Gasteiger partial charge is 0.389 e. The fourth-order valence-corrected chi connectivity index (χ4v) is 0.665. The topological polar surface area (TPSA) is 69.1 Å². The first-order valence-corrected chi connectivity index (χ1v) is 3.44. The highest BCUT2D eigenvalue weighted by molar-refractivity contribution is 5.79. The number of hydrogen-bond donors (Lipinski definition) is 2. The van der Waals surface area contributed by atoms with Gasteiger partial charge in [-0.15, -0.1) is 0 Å². The van der Waals surface area contributed by atoms with E-state index in [1.165, 1.54) is 0 Å². The van der Waals surface area contributed by atoms with Crippen molar-refractivity contribution in [2.24, 2.45) is 11.5 Å². The van der Waals surface area contributed by atoms with Gasteiger partial charge < -0.3 is 11.5 Å². The Kier molecular flexibility index (Phi) is 4.02. The molecule has 0 bridgehead atoms. The van der Waals surface area contributed by atoms with E-state index in [4.69, 9.17) is 11.5 Å². The third kappa shape index (κ3) is 5.96. The molecule has 0 saturated heterocycles. The molecule has 1 atom stereocenters. The number of amides is 1. The van der Waals surface area contributed by atoms with Crippen LogP contribution in [0.4, 0.5) is 13.2 Å². The van der Waals surface area contributed by atoms with Gasteiger partial charge in [0.1, 0.15) is 0 Å². The van der Waals surface area contributed by atoms with E-state index in [1.807, 2.05) is 0 Å². The summed E-state index contributed by atoms with van der Waals surface area (Å²) < 4.78 is 34.7. The Balaban J connectivity index is 3.51. The molecule has 0 aliphatic rings. The average Bonchev–Trinajstić information content (AvgIpc) is 1.84. The van der Waals surface area contributed by atoms with Gasteiger partial charge in [0.25, 0.3) is 0 Å². The van der Waals surface area contributed by atoms with Crippen LogP contribution in [0.2, 0.25) is 0 Å². The first kappa shape index (κ1) is 11.2. The van der Waals surface area contributed by atoms with Crippen molar-refractivity contribution < 1.29 is 18.0 Å². The Hall–Kier alpha value is -0.780. The van der Waals surface area contributed by atoms with Crippen LogP contribution in [-0.4, -0.2) is 18.1 Å². The summed E-state index contributed by atoms with van der Waals surface area (Å²) in [5, 5.41) is 0. The number of primary amides is 1. The molecule has 0 heterocycles. The summed E-state index contributed by atoms with van der Waals surface area (Å²) in [5.74, 6) is -0.767. The van der Waals surface area contributed by atoms with E-state index in [-0.39, 0.29) is 12.8 Å². The molecule has 0 aromatic rings. The number of halogens is 3. The lowest BCUT2D eigenvalue weighted by atomic mass is 10.1. The number of nitrogens with two attached hydrogens (primary N) is 2. The molecule has 1 amide bonds. The van der Waals surface area contributed by atoms with Crippen molar-refractivity contribution in [2.75, 3.05) is 0 Å². The quantitative estimate of drug-likeness (QED) is 0.669. The number of carbonyl (C=O) groups is 1. The lowest BCUT2D eigenvalue weighted by molar-refractivity contribution is -0.136. The fraction of sp³-hybridized carbons (Fsp3) is 0.833. The Morgan fingerprint density at radius 3 is 2.25 bits per heavy atom. The predicted octanol–water partition coefficient (Wildman–Crippen LogP) is 0.532. The van der Waals surface area contributed by atoms with Crippen LogP contribution in [0.1, 0.15) is 19.3 Å². The standard InChI is InChI=1S/C6H11F3N2O/c7-6(8,9)3-1-2-4(10)5(11)12/h4H,1-3,10H2,(H2,11,12). The molecule has 1 unspecified atom stereocenters. The summed E-state index contributed by atoms with van der Waals surface area (Å²) in [6.07, 6.45) is -5.28. The van der Waals surface area contributed by atoms with Gasteiger partial charge >= 0.3 is 6.18 Å². The van der Waals surface area contributed by atoms with E-state index in [0.717, 1.165) is 0 Å². The highest BCUT2D eigenvalue weighted by Gasteiger charge is 2.26. The van der Waals surface area contributed by atoms with Gasteiger partial charge in [-0.2, -0.15) is 13.2 Å². The van der Waals surface area contributed by atoms with Crippen molar-refractivity contribution in [3.63, 3.8) is 0 Å². The molecule has 0 radical (unpaired) electrons. The highest BCUT2D eigenvalue weighted by atomic mass is 19.4. The van der Waals surface area contributed by atoms with Crippen LogP contribution >= 0.6 is 0 Å². The first-order chi connectivity index (χ1) is 5.33. The maximum Gasteiger partial charge on any atom is 0.389 e. The molecule has 72 valence electrons. The average molecular weight is 184 g/mol. The molecular formula is C6H11F3N2O. The summed E-state index contributed by atoms with van der Waals surface area (Å²) in [4.78, 5) is 10.3. The van der Waals surface area contributed by atoms with Crippen molar-refractivity contribution in [1.29, 1.82) is 0 Å². The second-order valence-electron chi connectivity index (χ2n) is 2.52. The lowest BCUT2D eigenvalue weighted by Crippen LogP contribution is -2.36. The van der Waals surface area contributed by atoms with Crippen LogP contribution in [0.15, 0.2) is 0 Å². The van der Waals surface area contributed by atoms with E-state index >= 15 is 0 Å². The fourth-order valence-electron chi connectivity index (χ4n) is 0.665. The molecule has 0 aliphatic heterocycles. The zero-order chi connectivity index (χ0) is 9.78. The second kappa shape index (κ2) is 4.30. The van der Waals surface area contributed by atoms with Crippen molar-refractivity contribution in [3.05, 3.63) is 0 Å². The van der Waals surface area contributed by atoms with Gasteiger partial charge in [-0.05, 0) is 12.8 Å². The molecule has 0 aromatic carbocycles. The molecule has 0 rings (SSSR count). The van der Waals surface area contributed by atoms with Crippen molar-refractivity contribution in [1.82, 2.24) is 0 Å². The summed E-state index contributed by atoms with van der Waals surface area (Å²) in [6.45, 7) is 0.